The molecule has 0 bridgehead atoms. The highest BCUT2D eigenvalue weighted by Gasteiger charge is 2.13. The Bertz CT molecular complexity index is 457. The summed E-state index contributed by atoms with van der Waals surface area (Å²) in [5, 5.41) is 6.85. The maximum absolute atomic E-state index is 5.79. The lowest BCUT2D eigenvalue weighted by Crippen LogP contribution is -2.39. The number of nitrogens with one attached hydrogen (secondary N) is 2. The molecule has 2 heterocycles. The first-order chi connectivity index (χ1) is 11.7. The van der Waals surface area contributed by atoms with Crippen LogP contribution in [0, 0.1) is 5.92 Å². The van der Waals surface area contributed by atoms with Crippen LogP contribution in [-0.4, -0.2) is 38.3 Å². The quantitative estimate of drug-likeness (QED) is 0.252. The minimum absolute atomic E-state index is 0. The predicted molar refractivity (Wildman–Crippen MR) is 114 cm³/mol. The monoisotopic (exact) mass is 463 g/mol. The van der Waals surface area contributed by atoms with Crippen LogP contribution in [0.1, 0.15) is 51.7 Å². The largest absolute Gasteiger partial charge is 0.469 e. The Balaban J connectivity index is 0.00000312. The third kappa shape index (κ3) is 10.1. The fraction of sp³-hybridized carbons (Fsp3) is 0.737. The van der Waals surface area contributed by atoms with Crippen molar-refractivity contribution in [3.63, 3.8) is 0 Å². The third-order valence-electron chi connectivity index (χ3n) is 4.13. The van der Waals surface area contributed by atoms with Crippen molar-refractivity contribution < 1.29 is 9.15 Å². The smallest absolute Gasteiger partial charge is 0.191 e. The van der Waals surface area contributed by atoms with E-state index in [1.165, 1.54) is 19.3 Å². The van der Waals surface area contributed by atoms with Crippen LogP contribution in [0.5, 0.6) is 0 Å². The molecule has 0 saturated carbocycles. The number of nitrogens with zero attached hydrogens (tertiary/aromatic N) is 1. The van der Waals surface area contributed by atoms with E-state index in [9.17, 15) is 0 Å². The fourth-order valence-electron chi connectivity index (χ4n) is 2.78. The molecule has 2 N–H and O–H groups in total. The Hall–Kier alpha value is -0.760. The molecule has 1 aliphatic heterocycles. The van der Waals surface area contributed by atoms with E-state index in [0.29, 0.717) is 12.0 Å². The van der Waals surface area contributed by atoms with Crippen LogP contribution in [0.2, 0.25) is 0 Å². The third-order valence-corrected chi connectivity index (χ3v) is 4.13. The number of aliphatic imine (C=N–C) groups is 1. The highest BCUT2D eigenvalue weighted by molar-refractivity contribution is 14.0. The van der Waals surface area contributed by atoms with Crippen LogP contribution in [0.3, 0.4) is 0 Å². The van der Waals surface area contributed by atoms with Gasteiger partial charge in [-0.1, -0.05) is 13.8 Å². The average Bonchev–Trinajstić information content (AvgIpc) is 3.10. The Labute approximate surface area is 169 Å². The molecule has 1 aromatic heterocycles. The molecule has 6 heteroatoms. The van der Waals surface area contributed by atoms with Gasteiger partial charge in [-0.15, -0.1) is 24.0 Å². The Morgan fingerprint density at radius 2 is 2.12 bits per heavy atom. The van der Waals surface area contributed by atoms with E-state index < -0.39 is 0 Å². The van der Waals surface area contributed by atoms with Crippen LogP contribution < -0.4 is 10.6 Å². The number of hydrogen-bond donors (Lipinski definition) is 2. The molecule has 0 radical (unpaired) electrons. The summed E-state index contributed by atoms with van der Waals surface area (Å²) < 4.78 is 11.2. The van der Waals surface area contributed by atoms with Crippen LogP contribution in [0.25, 0.3) is 0 Å². The van der Waals surface area contributed by atoms with E-state index in [2.05, 4.69) is 29.5 Å². The summed E-state index contributed by atoms with van der Waals surface area (Å²) in [4.78, 5) is 4.66. The maximum atomic E-state index is 5.79. The minimum atomic E-state index is 0. The van der Waals surface area contributed by atoms with Gasteiger partial charge in [0.1, 0.15) is 5.76 Å². The average molecular weight is 463 g/mol. The number of halogens is 1. The van der Waals surface area contributed by atoms with E-state index in [-0.39, 0.29) is 24.0 Å². The van der Waals surface area contributed by atoms with Crippen LogP contribution in [0.15, 0.2) is 27.8 Å². The predicted octanol–water partition coefficient (Wildman–Crippen LogP) is 3.98. The molecule has 1 aliphatic rings. The molecule has 1 fully saturated rings. The number of hydrogen-bond acceptors (Lipinski definition) is 3. The highest BCUT2D eigenvalue weighted by atomic mass is 127. The zero-order chi connectivity index (χ0) is 17.0. The van der Waals surface area contributed by atoms with Crippen molar-refractivity contribution in [2.75, 3.05) is 26.2 Å². The Morgan fingerprint density at radius 1 is 1.28 bits per heavy atom. The first kappa shape index (κ1) is 22.3. The van der Waals surface area contributed by atoms with Gasteiger partial charge in [0.2, 0.25) is 0 Å². The standard InChI is InChI=1S/C19H33N3O2.HI/c1-16(2)15-22-19(21-12-10-18-9-6-14-24-18)20-11-5-8-17-7-3-4-13-23-17;/h6,9,14,16-17H,3-5,7-8,10-13,15H2,1-2H3,(H2,20,21,22);1H. The first-order valence-electron chi connectivity index (χ1n) is 9.40. The fourth-order valence-corrected chi connectivity index (χ4v) is 2.78. The Morgan fingerprint density at radius 3 is 2.80 bits per heavy atom. The molecule has 0 spiro atoms. The number of rotatable bonds is 9. The van der Waals surface area contributed by atoms with Crippen molar-refractivity contribution in [1.29, 1.82) is 0 Å². The summed E-state index contributed by atoms with van der Waals surface area (Å²) in [6.45, 7) is 7.90. The van der Waals surface area contributed by atoms with Gasteiger partial charge in [-0.25, -0.2) is 0 Å². The molecule has 0 amide bonds. The summed E-state index contributed by atoms with van der Waals surface area (Å²) in [5.74, 6) is 2.46. The van der Waals surface area contributed by atoms with Crippen molar-refractivity contribution >= 4 is 29.9 Å². The molecule has 1 atom stereocenters. The number of ether oxygens (including phenoxy) is 1. The number of furan rings is 1. The van der Waals surface area contributed by atoms with Crippen LogP contribution in [-0.2, 0) is 11.2 Å². The maximum Gasteiger partial charge on any atom is 0.191 e. The molecule has 0 aliphatic carbocycles. The van der Waals surface area contributed by atoms with Crippen molar-refractivity contribution in [1.82, 2.24) is 10.6 Å². The zero-order valence-electron chi connectivity index (χ0n) is 15.6. The summed E-state index contributed by atoms with van der Waals surface area (Å²) >= 11 is 0. The van der Waals surface area contributed by atoms with E-state index in [0.717, 1.165) is 57.2 Å². The molecule has 0 aromatic carbocycles. The molecule has 144 valence electrons. The van der Waals surface area contributed by atoms with Crippen molar-refractivity contribution in [2.24, 2.45) is 10.9 Å². The molecule has 25 heavy (non-hydrogen) atoms. The van der Waals surface area contributed by atoms with Gasteiger partial charge in [-0.2, -0.15) is 0 Å². The van der Waals surface area contributed by atoms with E-state index in [4.69, 9.17) is 9.15 Å². The molecule has 1 saturated heterocycles. The summed E-state index contributed by atoms with van der Waals surface area (Å²) in [7, 11) is 0. The van der Waals surface area contributed by atoms with Crippen molar-refractivity contribution in [3.05, 3.63) is 24.2 Å². The SMILES string of the molecule is CC(C)CN=C(NCCCC1CCCCO1)NCCc1ccco1.I. The van der Waals surface area contributed by atoms with E-state index in [1.54, 1.807) is 6.26 Å². The highest BCUT2D eigenvalue weighted by Crippen LogP contribution is 2.16. The summed E-state index contributed by atoms with van der Waals surface area (Å²) in [5.41, 5.74) is 0. The van der Waals surface area contributed by atoms with Crippen LogP contribution >= 0.6 is 24.0 Å². The lowest BCUT2D eigenvalue weighted by Gasteiger charge is -2.22. The van der Waals surface area contributed by atoms with Crippen molar-refractivity contribution in [2.45, 2.75) is 58.5 Å². The van der Waals surface area contributed by atoms with Gasteiger partial charge < -0.3 is 19.8 Å². The zero-order valence-corrected chi connectivity index (χ0v) is 18.0. The molecular weight excluding hydrogens is 429 g/mol. The Kier molecular flexibility index (Phi) is 12.0. The minimum Gasteiger partial charge on any atom is -0.469 e. The van der Waals surface area contributed by atoms with Gasteiger partial charge in [-0.05, 0) is 50.2 Å². The second-order valence-corrected chi connectivity index (χ2v) is 6.90. The van der Waals surface area contributed by atoms with Gasteiger partial charge in [0.05, 0.1) is 12.4 Å². The second-order valence-electron chi connectivity index (χ2n) is 6.90. The molecule has 1 aromatic rings. The van der Waals surface area contributed by atoms with Gasteiger partial charge in [0.15, 0.2) is 5.96 Å². The first-order valence-corrected chi connectivity index (χ1v) is 9.40. The van der Waals surface area contributed by atoms with Gasteiger partial charge in [0, 0.05) is 32.7 Å². The summed E-state index contributed by atoms with van der Waals surface area (Å²) in [6.07, 6.45) is 9.05. The van der Waals surface area contributed by atoms with Crippen molar-refractivity contribution in [3.8, 4) is 0 Å². The molecule has 2 rings (SSSR count). The molecular formula is C19H34IN3O2. The summed E-state index contributed by atoms with van der Waals surface area (Å²) in [6, 6.07) is 3.93. The van der Waals surface area contributed by atoms with E-state index in [1.807, 2.05) is 12.1 Å². The van der Waals surface area contributed by atoms with Gasteiger partial charge in [-0.3, -0.25) is 4.99 Å². The second kappa shape index (κ2) is 13.4. The van der Waals surface area contributed by atoms with Gasteiger partial charge in [0.25, 0.3) is 0 Å². The molecule has 1 unspecified atom stereocenters. The number of guanidine groups is 1. The van der Waals surface area contributed by atoms with Gasteiger partial charge >= 0.3 is 0 Å². The van der Waals surface area contributed by atoms with E-state index >= 15 is 0 Å². The van der Waals surface area contributed by atoms with Crippen LogP contribution in [0.4, 0.5) is 0 Å². The lowest BCUT2D eigenvalue weighted by molar-refractivity contribution is 0.0104. The topological polar surface area (TPSA) is 58.8 Å². The molecule has 5 nitrogen and oxygen atoms in total. The lowest BCUT2D eigenvalue weighted by atomic mass is 10.0. The normalized spacial score (nSPS) is 18.0.